The highest BCUT2D eigenvalue weighted by molar-refractivity contribution is 5.76. The average molecular weight is 278 g/mol. The fourth-order valence-corrected chi connectivity index (χ4v) is 2.62. The summed E-state index contributed by atoms with van der Waals surface area (Å²) in [5.74, 6) is -1.09. The summed E-state index contributed by atoms with van der Waals surface area (Å²) >= 11 is 0. The van der Waals surface area contributed by atoms with Crippen LogP contribution in [-0.2, 0) is 19.0 Å². The van der Waals surface area contributed by atoms with Crippen LogP contribution < -0.4 is 0 Å². The number of rotatable bonds is 4. The molecule has 4 nitrogen and oxygen atoms in total. The third kappa shape index (κ3) is 2.58. The van der Waals surface area contributed by atoms with Crippen LogP contribution in [0.3, 0.4) is 0 Å². The molecule has 1 aliphatic heterocycles. The first-order valence-corrected chi connectivity index (χ1v) is 7.06. The molecule has 0 bridgehead atoms. The zero-order chi connectivity index (χ0) is 14.8. The first-order chi connectivity index (χ1) is 9.56. The summed E-state index contributed by atoms with van der Waals surface area (Å²) in [5.41, 5.74) is 2.06. The summed E-state index contributed by atoms with van der Waals surface area (Å²) in [4.78, 5) is 12.0. The van der Waals surface area contributed by atoms with Crippen molar-refractivity contribution in [3.63, 3.8) is 0 Å². The van der Waals surface area contributed by atoms with Gasteiger partial charge in [-0.15, -0.1) is 0 Å². The Balaban J connectivity index is 2.38. The van der Waals surface area contributed by atoms with Crippen molar-refractivity contribution in [3.05, 3.63) is 35.4 Å². The van der Waals surface area contributed by atoms with Gasteiger partial charge in [0.05, 0.1) is 7.11 Å². The van der Waals surface area contributed by atoms with Crippen LogP contribution in [0.1, 0.15) is 43.9 Å². The topological polar surface area (TPSA) is 44.8 Å². The van der Waals surface area contributed by atoms with Crippen molar-refractivity contribution >= 4 is 5.97 Å². The maximum absolute atomic E-state index is 12.0. The van der Waals surface area contributed by atoms with Crippen molar-refractivity contribution < 1.29 is 19.0 Å². The second-order valence-corrected chi connectivity index (χ2v) is 5.07. The lowest BCUT2D eigenvalue weighted by molar-refractivity contribution is -0.187. The molecule has 0 saturated carbocycles. The lowest BCUT2D eigenvalue weighted by Crippen LogP contribution is -2.32. The third-order valence-corrected chi connectivity index (χ3v) is 3.96. The van der Waals surface area contributed by atoms with E-state index in [9.17, 15) is 4.79 Å². The molecular weight excluding hydrogens is 256 g/mol. The predicted octanol–water partition coefficient (Wildman–Crippen LogP) is 3.14. The van der Waals surface area contributed by atoms with Crippen molar-refractivity contribution in [3.8, 4) is 0 Å². The molecule has 0 radical (unpaired) electrons. The van der Waals surface area contributed by atoms with E-state index in [1.807, 2.05) is 45.0 Å². The minimum atomic E-state index is -0.707. The van der Waals surface area contributed by atoms with E-state index in [2.05, 4.69) is 0 Å². The lowest BCUT2D eigenvalue weighted by atomic mass is 9.99. The summed E-state index contributed by atoms with van der Waals surface area (Å²) in [5, 5.41) is 0. The zero-order valence-electron chi connectivity index (χ0n) is 12.5. The van der Waals surface area contributed by atoms with E-state index in [-0.39, 0.29) is 5.97 Å². The third-order valence-electron chi connectivity index (χ3n) is 3.96. The number of carbonyl (C=O) groups excluding carboxylic acids is 1. The van der Waals surface area contributed by atoms with Crippen LogP contribution in [0.2, 0.25) is 0 Å². The highest BCUT2D eigenvalue weighted by Gasteiger charge is 2.50. The molecule has 110 valence electrons. The highest BCUT2D eigenvalue weighted by Crippen LogP contribution is 2.43. The maximum atomic E-state index is 12.0. The van der Waals surface area contributed by atoms with Gasteiger partial charge < -0.3 is 14.2 Å². The largest absolute Gasteiger partial charge is 0.467 e. The Morgan fingerprint density at radius 3 is 2.45 bits per heavy atom. The van der Waals surface area contributed by atoms with Gasteiger partial charge in [-0.2, -0.15) is 0 Å². The molecule has 4 heteroatoms. The predicted molar refractivity (Wildman–Crippen MR) is 75.2 cm³/mol. The first kappa shape index (κ1) is 15.0. The van der Waals surface area contributed by atoms with Crippen molar-refractivity contribution in [2.24, 2.45) is 0 Å². The van der Waals surface area contributed by atoms with Gasteiger partial charge in [0.25, 0.3) is 0 Å². The number of carbonyl (C=O) groups is 1. The Morgan fingerprint density at radius 1 is 1.25 bits per heavy atom. The van der Waals surface area contributed by atoms with Gasteiger partial charge in [-0.1, -0.05) is 38.1 Å². The van der Waals surface area contributed by atoms with E-state index >= 15 is 0 Å². The Bertz CT molecular complexity index is 479. The molecule has 0 amide bonds. The molecule has 1 aliphatic rings. The molecule has 0 N–H and O–H groups in total. The number of benzene rings is 1. The van der Waals surface area contributed by atoms with Crippen molar-refractivity contribution in [2.75, 3.05) is 7.11 Å². The number of esters is 1. The normalized spacial score (nSPS) is 24.6. The number of methoxy groups -OCH3 is 1. The molecule has 1 heterocycles. The average Bonchev–Trinajstić information content (AvgIpc) is 2.87. The van der Waals surface area contributed by atoms with E-state index in [1.165, 1.54) is 7.11 Å². The molecule has 20 heavy (non-hydrogen) atoms. The van der Waals surface area contributed by atoms with Gasteiger partial charge in [0, 0.05) is 0 Å². The molecular formula is C16H22O4. The van der Waals surface area contributed by atoms with Crippen LogP contribution in [-0.4, -0.2) is 25.0 Å². The van der Waals surface area contributed by atoms with E-state index < -0.39 is 18.0 Å². The van der Waals surface area contributed by atoms with Gasteiger partial charge in [-0.05, 0) is 30.9 Å². The number of hydrogen-bond acceptors (Lipinski definition) is 4. The van der Waals surface area contributed by atoms with Gasteiger partial charge >= 0.3 is 5.97 Å². The van der Waals surface area contributed by atoms with Gasteiger partial charge in [0.1, 0.15) is 6.10 Å². The van der Waals surface area contributed by atoms with Crippen LogP contribution in [0.25, 0.3) is 0 Å². The van der Waals surface area contributed by atoms with Gasteiger partial charge in [0.15, 0.2) is 11.9 Å². The molecule has 2 rings (SSSR count). The first-order valence-electron chi connectivity index (χ1n) is 7.06. The summed E-state index contributed by atoms with van der Waals surface area (Å²) < 4.78 is 16.9. The minimum Gasteiger partial charge on any atom is -0.467 e. The summed E-state index contributed by atoms with van der Waals surface area (Å²) in [6.45, 7) is 6.00. The molecule has 0 aliphatic carbocycles. The van der Waals surface area contributed by atoms with Crippen LogP contribution in [0.4, 0.5) is 0 Å². The molecule has 2 atom stereocenters. The fourth-order valence-electron chi connectivity index (χ4n) is 2.62. The zero-order valence-corrected chi connectivity index (χ0v) is 12.5. The van der Waals surface area contributed by atoms with E-state index in [0.29, 0.717) is 12.8 Å². The molecule has 1 saturated heterocycles. The van der Waals surface area contributed by atoms with Gasteiger partial charge in [-0.3, -0.25) is 0 Å². The molecule has 1 fully saturated rings. The van der Waals surface area contributed by atoms with Crippen molar-refractivity contribution in [2.45, 2.75) is 51.6 Å². The number of hydrogen-bond donors (Lipinski definition) is 0. The Kier molecular flexibility index (Phi) is 4.45. The number of ether oxygens (including phenoxy) is 3. The van der Waals surface area contributed by atoms with Gasteiger partial charge in [0.2, 0.25) is 0 Å². The van der Waals surface area contributed by atoms with Gasteiger partial charge in [-0.25, -0.2) is 4.79 Å². The summed E-state index contributed by atoms with van der Waals surface area (Å²) in [7, 11) is 1.37. The minimum absolute atomic E-state index is 0.387. The maximum Gasteiger partial charge on any atom is 0.338 e. The second kappa shape index (κ2) is 5.94. The second-order valence-electron chi connectivity index (χ2n) is 5.07. The summed E-state index contributed by atoms with van der Waals surface area (Å²) in [6, 6.07) is 7.89. The van der Waals surface area contributed by atoms with E-state index in [1.54, 1.807) is 0 Å². The standard InChI is InChI=1S/C16H22O4/c1-5-16(6-2)19-13(14(20-16)15(17)18-4)12-10-8-7-9-11(12)3/h7-10,13-14H,5-6H2,1-4H3/t13-,14?/m1/s1. The molecule has 0 spiro atoms. The molecule has 1 aromatic rings. The quantitative estimate of drug-likeness (QED) is 0.794. The Hall–Kier alpha value is -1.39. The monoisotopic (exact) mass is 278 g/mol. The van der Waals surface area contributed by atoms with Crippen LogP contribution in [0.5, 0.6) is 0 Å². The Morgan fingerprint density at radius 2 is 1.90 bits per heavy atom. The molecule has 1 unspecified atom stereocenters. The molecule has 1 aromatic carbocycles. The van der Waals surface area contributed by atoms with Crippen LogP contribution in [0.15, 0.2) is 24.3 Å². The van der Waals surface area contributed by atoms with E-state index in [4.69, 9.17) is 14.2 Å². The summed E-state index contributed by atoms with van der Waals surface area (Å²) in [6.07, 6.45) is 0.267. The molecule has 0 aromatic heterocycles. The van der Waals surface area contributed by atoms with Crippen LogP contribution in [0, 0.1) is 6.92 Å². The van der Waals surface area contributed by atoms with Crippen LogP contribution >= 0.6 is 0 Å². The van der Waals surface area contributed by atoms with E-state index in [0.717, 1.165) is 11.1 Å². The Labute approximate surface area is 120 Å². The highest BCUT2D eigenvalue weighted by atomic mass is 16.8. The van der Waals surface area contributed by atoms with Crippen molar-refractivity contribution in [1.29, 1.82) is 0 Å². The SMILES string of the molecule is CCC1(CC)OC(C(=O)OC)[C@@H](c2ccccc2C)O1. The number of aryl methyl sites for hydroxylation is 1. The smallest absolute Gasteiger partial charge is 0.338 e. The lowest BCUT2D eigenvalue weighted by Gasteiger charge is -2.25. The fraction of sp³-hybridized carbons (Fsp3) is 0.562. The van der Waals surface area contributed by atoms with Crippen molar-refractivity contribution in [1.82, 2.24) is 0 Å².